The number of halogens is 1. The van der Waals surface area contributed by atoms with Gasteiger partial charge in [0.05, 0.1) is 0 Å². The number of hydrogen-bond donors (Lipinski definition) is 0. The summed E-state index contributed by atoms with van der Waals surface area (Å²) in [5.41, 5.74) is 2.84. The lowest BCUT2D eigenvalue weighted by Crippen LogP contribution is -2.24. The molecule has 88 valence electrons. The first-order chi connectivity index (χ1) is 8.08. The number of hydrogen-bond acceptors (Lipinski definition) is 4. The SMILES string of the molecule is CC1(C)CN(c2ncns2)c2cc(I)ccc21. The molecule has 3 rings (SSSR count). The minimum atomic E-state index is 0.172. The smallest absolute Gasteiger partial charge is 0.209 e. The minimum Gasteiger partial charge on any atom is -0.315 e. The Balaban J connectivity index is 2.15. The fourth-order valence-corrected chi connectivity index (χ4v) is 3.34. The molecule has 1 aliphatic heterocycles. The molecule has 0 radical (unpaired) electrons. The molecule has 0 saturated heterocycles. The van der Waals surface area contributed by atoms with Crippen molar-refractivity contribution in [3.05, 3.63) is 33.7 Å². The molecule has 1 aromatic heterocycles. The van der Waals surface area contributed by atoms with E-state index in [0.717, 1.165) is 11.7 Å². The summed E-state index contributed by atoms with van der Waals surface area (Å²) in [4.78, 5) is 6.60. The topological polar surface area (TPSA) is 29.0 Å². The summed E-state index contributed by atoms with van der Waals surface area (Å²) in [7, 11) is 0. The van der Waals surface area contributed by atoms with Crippen LogP contribution in [0.3, 0.4) is 0 Å². The van der Waals surface area contributed by atoms with Crippen LogP contribution in [-0.4, -0.2) is 15.9 Å². The van der Waals surface area contributed by atoms with E-state index in [9.17, 15) is 0 Å². The van der Waals surface area contributed by atoms with Crippen LogP contribution in [0.15, 0.2) is 24.5 Å². The van der Waals surface area contributed by atoms with Gasteiger partial charge in [-0.1, -0.05) is 19.9 Å². The van der Waals surface area contributed by atoms with Crippen molar-refractivity contribution < 1.29 is 0 Å². The Morgan fingerprint density at radius 2 is 2.24 bits per heavy atom. The number of fused-ring (bicyclic) bond motifs is 1. The van der Waals surface area contributed by atoms with E-state index in [-0.39, 0.29) is 5.41 Å². The maximum Gasteiger partial charge on any atom is 0.209 e. The predicted molar refractivity (Wildman–Crippen MR) is 79.1 cm³/mol. The third-order valence-corrected chi connectivity index (χ3v) is 4.47. The van der Waals surface area contributed by atoms with Crippen LogP contribution in [0, 0.1) is 3.57 Å². The van der Waals surface area contributed by atoms with E-state index in [1.165, 1.54) is 26.4 Å². The average molecular weight is 357 g/mol. The van der Waals surface area contributed by atoms with Crippen molar-refractivity contribution in [1.82, 2.24) is 9.36 Å². The van der Waals surface area contributed by atoms with Crippen molar-refractivity contribution >= 4 is 44.9 Å². The molecular weight excluding hydrogens is 345 g/mol. The number of benzene rings is 1. The van der Waals surface area contributed by atoms with Gasteiger partial charge in [-0.3, -0.25) is 0 Å². The molecule has 17 heavy (non-hydrogen) atoms. The lowest BCUT2D eigenvalue weighted by atomic mass is 9.87. The Morgan fingerprint density at radius 3 is 2.94 bits per heavy atom. The fraction of sp³-hybridized carbons (Fsp3) is 0.333. The maximum absolute atomic E-state index is 4.32. The number of nitrogens with zero attached hydrogens (tertiary/aromatic N) is 3. The standard InChI is InChI=1S/C12H12IN3S/c1-12(2)6-16(11-14-7-15-17-11)10-5-8(13)3-4-9(10)12/h3-5,7H,6H2,1-2H3. The largest absolute Gasteiger partial charge is 0.315 e. The highest BCUT2D eigenvalue weighted by atomic mass is 127. The van der Waals surface area contributed by atoms with Crippen LogP contribution < -0.4 is 4.90 Å². The summed E-state index contributed by atoms with van der Waals surface area (Å²) >= 11 is 3.81. The number of aromatic nitrogens is 2. The highest BCUT2D eigenvalue weighted by molar-refractivity contribution is 14.1. The van der Waals surface area contributed by atoms with Crippen LogP contribution in [0.25, 0.3) is 0 Å². The van der Waals surface area contributed by atoms with Gasteiger partial charge in [0.25, 0.3) is 0 Å². The van der Waals surface area contributed by atoms with Gasteiger partial charge in [-0.05, 0) is 40.3 Å². The van der Waals surface area contributed by atoms with Gasteiger partial charge in [0, 0.05) is 32.7 Å². The molecule has 1 aliphatic rings. The first-order valence-corrected chi connectivity index (χ1v) is 7.27. The minimum absolute atomic E-state index is 0.172. The predicted octanol–water partition coefficient (Wildman–Crippen LogP) is 3.57. The molecule has 0 fully saturated rings. The van der Waals surface area contributed by atoms with Crippen molar-refractivity contribution in [2.75, 3.05) is 11.4 Å². The molecule has 0 aliphatic carbocycles. The summed E-state index contributed by atoms with van der Waals surface area (Å²) in [6, 6.07) is 6.63. The van der Waals surface area contributed by atoms with Crippen molar-refractivity contribution in [2.24, 2.45) is 0 Å². The van der Waals surface area contributed by atoms with Gasteiger partial charge in [-0.25, -0.2) is 4.98 Å². The molecule has 0 unspecified atom stereocenters. The first kappa shape index (κ1) is 11.4. The monoisotopic (exact) mass is 357 g/mol. The highest BCUT2D eigenvalue weighted by Gasteiger charge is 2.36. The second kappa shape index (κ2) is 3.91. The van der Waals surface area contributed by atoms with Crippen LogP contribution in [0.5, 0.6) is 0 Å². The van der Waals surface area contributed by atoms with Gasteiger partial charge in [0.2, 0.25) is 5.13 Å². The van der Waals surface area contributed by atoms with Gasteiger partial charge < -0.3 is 4.90 Å². The zero-order valence-electron chi connectivity index (χ0n) is 9.64. The van der Waals surface area contributed by atoms with E-state index in [0.29, 0.717) is 0 Å². The summed E-state index contributed by atoms with van der Waals surface area (Å²) in [5.74, 6) is 0. The zero-order valence-corrected chi connectivity index (χ0v) is 12.6. The Labute approximate surface area is 118 Å². The lowest BCUT2D eigenvalue weighted by molar-refractivity contribution is 0.569. The highest BCUT2D eigenvalue weighted by Crippen LogP contribution is 2.44. The Morgan fingerprint density at radius 1 is 1.41 bits per heavy atom. The molecule has 0 saturated carbocycles. The molecule has 0 N–H and O–H groups in total. The molecule has 0 atom stereocenters. The van der Waals surface area contributed by atoms with E-state index in [2.05, 4.69) is 68.9 Å². The summed E-state index contributed by atoms with van der Waals surface area (Å²) in [6.07, 6.45) is 1.62. The molecule has 0 amide bonds. The molecule has 0 spiro atoms. The van der Waals surface area contributed by atoms with Crippen LogP contribution in [0.4, 0.5) is 10.8 Å². The van der Waals surface area contributed by atoms with E-state index >= 15 is 0 Å². The van der Waals surface area contributed by atoms with E-state index in [1.54, 1.807) is 6.33 Å². The molecule has 1 aromatic carbocycles. The molecule has 2 aromatic rings. The number of anilines is 2. The maximum atomic E-state index is 4.32. The Bertz CT molecular complexity index is 551. The molecule has 3 nitrogen and oxygen atoms in total. The summed E-state index contributed by atoms with van der Waals surface area (Å²) < 4.78 is 5.35. The normalized spacial score (nSPS) is 17.2. The van der Waals surface area contributed by atoms with Crippen LogP contribution in [0.2, 0.25) is 0 Å². The third-order valence-electron chi connectivity index (χ3n) is 3.11. The van der Waals surface area contributed by atoms with Crippen molar-refractivity contribution in [3.8, 4) is 0 Å². The second-order valence-electron chi connectivity index (χ2n) is 4.86. The van der Waals surface area contributed by atoms with E-state index < -0.39 is 0 Å². The van der Waals surface area contributed by atoms with Crippen LogP contribution in [-0.2, 0) is 5.41 Å². The molecule has 5 heteroatoms. The van der Waals surface area contributed by atoms with Crippen LogP contribution >= 0.6 is 34.1 Å². The summed E-state index contributed by atoms with van der Waals surface area (Å²) in [6.45, 7) is 5.52. The Hall–Kier alpha value is -0.690. The van der Waals surface area contributed by atoms with Gasteiger partial charge in [0.1, 0.15) is 6.33 Å². The third kappa shape index (κ3) is 1.85. The second-order valence-corrected chi connectivity index (χ2v) is 6.86. The van der Waals surface area contributed by atoms with Gasteiger partial charge >= 0.3 is 0 Å². The van der Waals surface area contributed by atoms with Gasteiger partial charge in [-0.15, -0.1) is 0 Å². The molecule has 2 heterocycles. The quantitative estimate of drug-likeness (QED) is 0.731. The molecule has 0 bridgehead atoms. The Kier molecular flexibility index (Phi) is 2.62. The van der Waals surface area contributed by atoms with Gasteiger partial charge in [-0.2, -0.15) is 4.37 Å². The van der Waals surface area contributed by atoms with Crippen LogP contribution in [0.1, 0.15) is 19.4 Å². The molecular formula is C12H12IN3S. The average Bonchev–Trinajstić information content (AvgIpc) is 2.85. The van der Waals surface area contributed by atoms with Crippen molar-refractivity contribution in [3.63, 3.8) is 0 Å². The first-order valence-electron chi connectivity index (χ1n) is 5.42. The van der Waals surface area contributed by atoms with Gasteiger partial charge in [0.15, 0.2) is 0 Å². The van der Waals surface area contributed by atoms with E-state index in [4.69, 9.17) is 0 Å². The lowest BCUT2D eigenvalue weighted by Gasteiger charge is -2.19. The fourth-order valence-electron chi connectivity index (χ4n) is 2.32. The number of rotatable bonds is 1. The van der Waals surface area contributed by atoms with E-state index in [1.807, 2.05) is 0 Å². The van der Waals surface area contributed by atoms with Crippen molar-refractivity contribution in [2.45, 2.75) is 19.3 Å². The van der Waals surface area contributed by atoms with Crippen molar-refractivity contribution in [1.29, 1.82) is 0 Å². The summed E-state index contributed by atoms with van der Waals surface area (Å²) in [5, 5.41) is 0.985. The zero-order chi connectivity index (χ0) is 12.0.